The van der Waals surface area contributed by atoms with E-state index in [1.54, 1.807) is 13.0 Å². The van der Waals surface area contributed by atoms with E-state index >= 15 is 0 Å². The number of nitrogens with zero attached hydrogens (tertiary/aromatic N) is 2. The Morgan fingerprint density at radius 3 is 2.61 bits per heavy atom. The lowest BCUT2D eigenvalue weighted by Gasteiger charge is -2.60. The maximum absolute atomic E-state index is 12.9. The number of esters is 2. The number of rotatable bonds is 6. The Kier molecular flexibility index (Phi) is 6.69. The molecule has 4 N–H and O–H groups in total. The molecule has 2 aliphatic carbocycles. The molecule has 2 aliphatic heterocycles. The van der Waals surface area contributed by atoms with Crippen LogP contribution in [0.25, 0.3) is 5.57 Å². The topological polar surface area (TPSA) is 157 Å². The number of aliphatic hydroxyl groups excluding tert-OH is 2. The lowest BCUT2D eigenvalue weighted by molar-refractivity contribution is -0.167. The van der Waals surface area contributed by atoms with Crippen molar-refractivity contribution in [2.75, 3.05) is 25.6 Å². The van der Waals surface area contributed by atoms with E-state index in [-0.39, 0.29) is 53.3 Å². The number of anilines is 1. The van der Waals surface area contributed by atoms with Crippen molar-refractivity contribution in [1.82, 2.24) is 9.97 Å². The first kappa shape index (κ1) is 26.5. The SMILES string of the molecule is CCOC(=O)C(=C1C=C(C=CC2C3(CCC4[C@]2(C)CC[C@@H](O)[C@@]4(C)CO)CO3)C(=O)O1)c1cnc(N)nc1. The van der Waals surface area contributed by atoms with Gasteiger partial charge in [0.15, 0.2) is 0 Å². The first-order valence-electron chi connectivity index (χ1n) is 13.1. The van der Waals surface area contributed by atoms with E-state index in [4.69, 9.17) is 19.9 Å². The number of hydrogen-bond acceptors (Lipinski definition) is 10. The molecule has 2 saturated carbocycles. The fourth-order valence-corrected chi connectivity index (χ4v) is 7.00. The monoisotopic (exact) mass is 525 g/mol. The highest BCUT2D eigenvalue weighted by atomic mass is 16.6. The van der Waals surface area contributed by atoms with Crippen LogP contribution in [-0.2, 0) is 23.8 Å². The number of carbonyl (C=O) groups excluding carboxylic acids is 2. The largest absolute Gasteiger partial charge is 0.462 e. The molecule has 204 valence electrons. The van der Waals surface area contributed by atoms with Crippen molar-refractivity contribution in [3.8, 4) is 0 Å². The first-order valence-corrected chi connectivity index (χ1v) is 13.1. The Bertz CT molecular complexity index is 1220. The molecule has 0 bridgehead atoms. The Labute approximate surface area is 221 Å². The van der Waals surface area contributed by atoms with E-state index < -0.39 is 23.5 Å². The van der Waals surface area contributed by atoms with Gasteiger partial charge in [0.25, 0.3) is 0 Å². The molecule has 1 aromatic rings. The average molecular weight is 526 g/mol. The van der Waals surface area contributed by atoms with Crippen molar-refractivity contribution in [2.45, 2.75) is 58.2 Å². The highest BCUT2D eigenvalue weighted by molar-refractivity contribution is 6.18. The highest BCUT2D eigenvalue weighted by Gasteiger charge is 2.66. The summed E-state index contributed by atoms with van der Waals surface area (Å²) in [4.78, 5) is 33.5. The van der Waals surface area contributed by atoms with Gasteiger partial charge in [-0.2, -0.15) is 0 Å². The normalized spacial score (nSPS) is 37.6. The van der Waals surface area contributed by atoms with Crippen LogP contribution in [-0.4, -0.2) is 63.6 Å². The predicted molar refractivity (Wildman–Crippen MR) is 137 cm³/mol. The summed E-state index contributed by atoms with van der Waals surface area (Å²) in [6.45, 7) is 6.56. The van der Waals surface area contributed by atoms with Crippen LogP contribution in [0.15, 0.2) is 42.0 Å². The third-order valence-corrected chi connectivity index (χ3v) is 9.18. The third kappa shape index (κ3) is 4.24. The molecular weight excluding hydrogens is 490 g/mol. The standard InChI is InChI=1S/C28H35N3O7/c1-4-36-24(35)22(17-12-30-25(29)31-13-17)18-11-16(23(34)38-18)5-6-20-26(2)9-8-21(33)27(3,14-32)19(26)7-10-28(20)15-37-28/h5-6,11-13,19-21,32-33H,4,7-10,14-15H2,1-3H3,(H2,29,30,31)/t19?,20?,21-,26+,27+,28?/m1/s1. The molecule has 1 spiro atoms. The maximum Gasteiger partial charge on any atom is 0.343 e. The molecule has 1 aromatic heterocycles. The van der Waals surface area contributed by atoms with Crippen LogP contribution in [0.1, 0.15) is 52.0 Å². The number of carbonyl (C=O) groups is 2. The number of nitrogen functional groups attached to an aromatic ring is 1. The zero-order chi connectivity index (χ0) is 27.3. The quantitative estimate of drug-likeness (QED) is 0.286. The molecule has 1 saturated heterocycles. The van der Waals surface area contributed by atoms with Crippen molar-refractivity contribution in [3.63, 3.8) is 0 Å². The van der Waals surface area contributed by atoms with Crippen LogP contribution >= 0.6 is 0 Å². The molecular formula is C28H35N3O7. The second-order valence-corrected chi connectivity index (χ2v) is 11.3. The number of epoxide rings is 1. The zero-order valence-corrected chi connectivity index (χ0v) is 22.0. The molecule has 3 unspecified atom stereocenters. The van der Waals surface area contributed by atoms with Gasteiger partial charge < -0.3 is 30.2 Å². The van der Waals surface area contributed by atoms with Gasteiger partial charge >= 0.3 is 11.9 Å². The lowest BCUT2D eigenvalue weighted by atomic mass is 9.45. The van der Waals surface area contributed by atoms with Gasteiger partial charge in [0.2, 0.25) is 5.95 Å². The Morgan fingerprint density at radius 2 is 1.97 bits per heavy atom. The van der Waals surface area contributed by atoms with E-state index in [0.29, 0.717) is 24.2 Å². The molecule has 5 rings (SSSR count). The number of cyclic esters (lactones) is 1. The molecule has 10 heteroatoms. The van der Waals surface area contributed by atoms with E-state index in [0.717, 1.165) is 19.3 Å². The lowest BCUT2D eigenvalue weighted by Crippen LogP contribution is -2.60. The second kappa shape index (κ2) is 9.59. The number of ether oxygens (including phenoxy) is 3. The number of allylic oxidation sites excluding steroid dienone is 1. The summed E-state index contributed by atoms with van der Waals surface area (Å²) in [5.41, 5.74) is 5.09. The van der Waals surface area contributed by atoms with Crippen molar-refractivity contribution in [1.29, 1.82) is 0 Å². The molecule has 0 aromatic carbocycles. The summed E-state index contributed by atoms with van der Waals surface area (Å²) >= 11 is 0. The molecule has 3 heterocycles. The summed E-state index contributed by atoms with van der Waals surface area (Å²) < 4.78 is 16.7. The van der Waals surface area contributed by atoms with E-state index in [1.165, 1.54) is 18.5 Å². The summed E-state index contributed by atoms with van der Waals surface area (Å²) in [5.74, 6) is -1.08. The zero-order valence-electron chi connectivity index (χ0n) is 22.0. The maximum atomic E-state index is 12.9. The summed E-state index contributed by atoms with van der Waals surface area (Å²) in [6.07, 6.45) is 10.5. The minimum atomic E-state index is -0.665. The van der Waals surface area contributed by atoms with Crippen molar-refractivity contribution >= 4 is 23.5 Å². The van der Waals surface area contributed by atoms with Crippen LogP contribution in [0.2, 0.25) is 0 Å². The fraction of sp³-hybridized carbons (Fsp3) is 0.571. The number of hydrogen-bond donors (Lipinski definition) is 3. The predicted octanol–water partition coefficient (Wildman–Crippen LogP) is 2.33. The molecule has 0 radical (unpaired) electrons. The number of aliphatic hydroxyl groups is 2. The van der Waals surface area contributed by atoms with Gasteiger partial charge in [-0.25, -0.2) is 19.6 Å². The van der Waals surface area contributed by atoms with E-state index in [2.05, 4.69) is 16.9 Å². The van der Waals surface area contributed by atoms with Crippen LogP contribution in [0.3, 0.4) is 0 Å². The van der Waals surface area contributed by atoms with Crippen LogP contribution in [0.5, 0.6) is 0 Å². The van der Waals surface area contributed by atoms with E-state index in [9.17, 15) is 19.8 Å². The molecule has 38 heavy (non-hydrogen) atoms. The smallest absolute Gasteiger partial charge is 0.343 e. The molecule has 6 atom stereocenters. The van der Waals surface area contributed by atoms with Crippen LogP contribution in [0, 0.1) is 22.7 Å². The van der Waals surface area contributed by atoms with Crippen molar-refractivity contribution in [2.24, 2.45) is 22.7 Å². The summed E-state index contributed by atoms with van der Waals surface area (Å²) in [6, 6.07) is 0. The molecule has 3 fully saturated rings. The third-order valence-electron chi connectivity index (χ3n) is 9.18. The second-order valence-electron chi connectivity index (χ2n) is 11.3. The Balaban J connectivity index is 1.50. The summed E-state index contributed by atoms with van der Waals surface area (Å²) in [7, 11) is 0. The summed E-state index contributed by atoms with van der Waals surface area (Å²) in [5, 5.41) is 21.1. The van der Waals surface area contributed by atoms with E-state index in [1.807, 2.05) is 13.0 Å². The number of fused-ring (bicyclic) bond motifs is 1. The Hall–Kier alpha value is -3.08. The van der Waals surface area contributed by atoms with Gasteiger partial charge in [-0.3, -0.25) is 0 Å². The number of aromatic nitrogens is 2. The van der Waals surface area contributed by atoms with Gasteiger partial charge in [0.05, 0.1) is 37.1 Å². The van der Waals surface area contributed by atoms with Gasteiger partial charge in [-0.15, -0.1) is 0 Å². The molecule has 0 amide bonds. The van der Waals surface area contributed by atoms with Gasteiger partial charge in [0.1, 0.15) is 11.3 Å². The molecule has 4 aliphatic rings. The highest BCUT2D eigenvalue weighted by Crippen LogP contribution is 2.65. The van der Waals surface area contributed by atoms with Crippen molar-refractivity contribution < 1.29 is 34.0 Å². The van der Waals surface area contributed by atoms with Crippen molar-refractivity contribution in [3.05, 3.63) is 47.5 Å². The number of nitrogens with two attached hydrogens (primary N) is 1. The van der Waals surface area contributed by atoms with Crippen LogP contribution < -0.4 is 5.73 Å². The van der Waals surface area contributed by atoms with Crippen LogP contribution in [0.4, 0.5) is 5.95 Å². The Morgan fingerprint density at radius 1 is 1.26 bits per heavy atom. The van der Waals surface area contributed by atoms with Gasteiger partial charge in [0, 0.05) is 29.3 Å². The molecule has 10 nitrogen and oxygen atoms in total. The minimum Gasteiger partial charge on any atom is -0.462 e. The fourth-order valence-electron chi connectivity index (χ4n) is 7.00. The van der Waals surface area contributed by atoms with Gasteiger partial charge in [-0.05, 0) is 50.0 Å². The minimum absolute atomic E-state index is 0.0242. The van der Waals surface area contributed by atoms with Gasteiger partial charge in [-0.1, -0.05) is 26.0 Å². The first-order chi connectivity index (χ1) is 18.1. The average Bonchev–Trinajstić information content (AvgIpc) is 3.57.